The average Bonchev–Trinajstić information content (AvgIpc) is 3.75. The molecule has 4 saturated heterocycles. The highest BCUT2D eigenvalue weighted by molar-refractivity contribution is 5.77. The normalized spacial score (nSPS) is 38.8. The minimum Gasteiger partial charge on any atom is -0.387 e. The first-order valence-corrected chi connectivity index (χ1v) is 13.3. The van der Waals surface area contributed by atoms with Gasteiger partial charge in [0.05, 0.1) is 19.8 Å². The molecule has 4 rings (SSSR count). The Morgan fingerprint density at radius 2 is 1.44 bits per heavy atom. The third-order valence-electron chi connectivity index (χ3n) is 7.84. The number of ether oxygens (including phenoxy) is 4. The van der Waals surface area contributed by atoms with Gasteiger partial charge in [-0.2, -0.15) is 0 Å². The summed E-state index contributed by atoms with van der Waals surface area (Å²) >= 11 is 0. The Morgan fingerprint density at radius 1 is 0.949 bits per heavy atom. The molecule has 10 nitrogen and oxygen atoms in total. The van der Waals surface area contributed by atoms with Crippen molar-refractivity contribution in [3.63, 3.8) is 0 Å². The summed E-state index contributed by atoms with van der Waals surface area (Å²) in [6.07, 6.45) is 2.27. The Balaban J connectivity index is 0.000000205. The molecule has 10 heteroatoms. The van der Waals surface area contributed by atoms with Crippen LogP contribution in [0.4, 0.5) is 0 Å². The lowest BCUT2D eigenvalue weighted by Crippen LogP contribution is -2.54. The molecule has 0 radical (unpaired) electrons. The molecule has 0 bridgehead atoms. The summed E-state index contributed by atoms with van der Waals surface area (Å²) in [6, 6.07) is 0. The third kappa shape index (κ3) is 8.61. The van der Waals surface area contributed by atoms with E-state index >= 15 is 0 Å². The second kappa shape index (κ2) is 12.8. The Morgan fingerprint density at radius 3 is 1.79 bits per heavy atom. The van der Waals surface area contributed by atoms with Crippen molar-refractivity contribution in [3.8, 4) is 0 Å². The van der Waals surface area contributed by atoms with E-state index in [9.17, 15) is 30.0 Å². The summed E-state index contributed by atoms with van der Waals surface area (Å²) in [5.74, 6) is -0.293. The number of Topliss-reactive ketones (excluding diaryl/α,β-unsaturated/α-hetero) is 2. The summed E-state index contributed by atoms with van der Waals surface area (Å²) < 4.78 is 20.8. The fourth-order valence-corrected chi connectivity index (χ4v) is 4.96. The van der Waals surface area contributed by atoms with E-state index in [4.69, 9.17) is 18.9 Å². The molecular weight excluding hydrogens is 508 g/mol. The number of rotatable bonds is 11. The second-order valence-corrected chi connectivity index (χ2v) is 11.5. The van der Waals surface area contributed by atoms with Gasteiger partial charge < -0.3 is 39.4 Å². The minimum atomic E-state index is -1.23. The van der Waals surface area contributed by atoms with Crippen LogP contribution in [0.5, 0.6) is 0 Å². The predicted octanol–water partition coefficient (Wildman–Crippen LogP) is 1.63. The Hall–Kier alpha value is -1.76. The van der Waals surface area contributed by atoms with Crippen LogP contribution in [0, 0.1) is 11.8 Å². The number of allylic oxidation sites excluding steroid dienone is 1. The molecule has 0 aromatic heterocycles. The van der Waals surface area contributed by atoms with Crippen LogP contribution in [-0.4, -0.2) is 98.8 Å². The highest BCUT2D eigenvalue weighted by Crippen LogP contribution is 2.45. The molecule has 0 aromatic rings. The molecule has 4 aliphatic rings. The van der Waals surface area contributed by atoms with Crippen LogP contribution in [0.2, 0.25) is 0 Å². The largest absolute Gasteiger partial charge is 0.387 e. The minimum absolute atomic E-state index is 0.0622. The maximum absolute atomic E-state index is 11.0. The lowest BCUT2D eigenvalue weighted by Gasteiger charge is -2.40. The van der Waals surface area contributed by atoms with E-state index in [1.165, 1.54) is 19.1 Å². The molecule has 222 valence electrons. The van der Waals surface area contributed by atoms with Crippen molar-refractivity contribution in [2.45, 2.75) is 101 Å². The lowest BCUT2D eigenvalue weighted by atomic mass is 9.81. The van der Waals surface area contributed by atoms with Gasteiger partial charge in [0.15, 0.2) is 5.79 Å². The van der Waals surface area contributed by atoms with E-state index in [1.807, 2.05) is 6.08 Å². The van der Waals surface area contributed by atoms with Gasteiger partial charge in [0, 0.05) is 19.3 Å². The van der Waals surface area contributed by atoms with Gasteiger partial charge in [0.1, 0.15) is 52.8 Å². The highest BCUT2D eigenvalue weighted by atomic mass is 16.7. The monoisotopic (exact) mass is 554 g/mol. The maximum Gasteiger partial charge on any atom is 0.166 e. The summed E-state index contributed by atoms with van der Waals surface area (Å²) in [5.41, 5.74) is -1.63. The number of carbonyl (C=O) groups excluding carboxylic acids is 2. The van der Waals surface area contributed by atoms with Crippen LogP contribution in [0.3, 0.4) is 0 Å². The van der Waals surface area contributed by atoms with Crippen LogP contribution >= 0.6 is 0 Å². The van der Waals surface area contributed by atoms with Gasteiger partial charge in [-0.05, 0) is 32.6 Å². The van der Waals surface area contributed by atoms with Crippen molar-refractivity contribution in [2.24, 2.45) is 11.8 Å². The number of hydrogen-bond acceptors (Lipinski definition) is 10. The predicted molar refractivity (Wildman–Crippen MR) is 144 cm³/mol. The van der Waals surface area contributed by atoms with Gasteiger partial charge in [0.2, 0.25) is 0 Å². The molecule has 4 heterocycles. The van der Waals surface area contributed by atoms with Crippen molar-refractivity contribution in [1.29, 1.82) is 0 Å². The molecule has 0 unspecified atom stereocenters. The topological polar surface area (TPSA) is 162 Å². The maximum atomic E-state index is 11.0. The van der Waals surface area contributed by atoms with Crippen molar-refractivity contribution in [3.05, 3.63) is 38.0 Å². The number of aliphatic hydroxyl groups excluding tert-OH is 3. The van der Waals surface area contributed by atoms with Crippen molar-refractivity contribution >= 4 is 11.6 Å². The molecule has 4 aliphatic heterocycles. The molecule has 0 aliphatic carbocycles. The summed E-state index contributed by atoms with van der Waals surface area (Å²) in [6.45, 7) is 21.0. The van der Waals surface area contributed by atoms with Gasteiger partial charge in [-0.3, -0.25) is 9.59 Å². The molecular formula is C29H46O10. The first-order chi connectivity index (χ1) is 18.0. The van der Waals surface area contributed by atoms with E-state index in [0.717, 1.165) is 6.61 Å². The molecule has 0 amide bonds. The molecule has 39 heavy (non-hydrogen) atoms. The number of aliphatic hydroxyl groups is 4. The van der Waals surface area contributed by atoms with E-state index in [0.29, 0.717) is 37.9 Å². The standard InChI is InChI=1S/C11H18O2.2C9H14O4/c1-5-8(2)10(4)11(7-13-11)6-9(3)12;1-3-6-7(10)9(5-12-9)4-8(2,11)13-6;1-3-7(11)8(12)9(5-13-9)4-6(2)10/h5,8,10H,1,6-7H2,2-4H3;3,6-7,10-11H,1,4-5H2,2H3;3,7-8,11-12H,1,4-5H2,2H3/t8-,10-,11-;6-,7-,8+,9-;7-,8-,9-/m111/s1. The first kappa shape index (κ1) is 33.4. The fourth-order valence-electron chi connectivity index (χ4n) is 4.96. The van der Waals surface area contributed by atoms with E-state index in [-0.39, 0.29) is 23.6 Å². The fraction of sp³-hybridized carbons (Fsp3) is 0.724. The first-order valence-electron chi connectivity index (χ1n) is 13.3. The van der Waals surface area contributed by atoms with Crippen molar-refractivity contribution in [2.75, 3.05) is 19.8 Å². The Labute approximate surface area is 231 Å². The van der Waals surface area contributed by atoms with Crippen molar-refractivity contribution in [1.82, 2.24) is 0 Å². The molecule has 1 spiro atoms. The summed E-state index contributed by atoms with van der Waals surface area (Å²) in [4.78, 5) is 21.8. The smallest absolute Gasteiger partial charge is 0.166 e. The molecule has 10 atom stereocenters. The quantitative estimate of drug-likeness (QED) is 0.218. The van der Waals surface area contributed by atoms with Crippen LogP contribution in [0.15, 0.2) is 38.0 Å². The van der Waals surface area contributed by atoms with Crippen molar-refractivity contribution < 1.29 is 49.0 Å². The molecule has 0 aromatic carbocycles. The lowest BCUT2D eigenvalue weighted by molar-refractivity contribution is -0.272. The second-order valence-electron chi connectivity index (χ2n) is 11.5. The number of ketones is 2. The number of hydrogen-bond donors (Lipinski definition) is 4. The Kier molecular flexibility index (Phi) is 11.0. The number of epoxide rings is 3. The van der Waals surface area contributed by atoms with Gasteiger partial charge in [-0.25, -0.2) is 0 Å². The zero-order valence-electron chi connectivity index (χ0n) is 23.8. The van der Waals surface area contributed by atoms with E-state index in [1.54, 1.807) is 13.8 Å². The summed E-state index contributed by atoms with van der Waals surface area (Å²) in [5, 5.41) is 38.3. The highest BCUT2D eigenvalue weighted by Gasteiger charge is 2.61. The van der Waals surface area contributed by atoms with Gasteiger partial charge >= 0.3 is 0 Å². The number of carbonyl (C=O) groups is 2. The molecule has 0 saturated carbocycles. The van der Waals surface area contributed by atoms with Gasteiger partial charge in [-0.1, -0.05) is 32.1 Å². The SMILES string of the molecule is C=C[C@@H](C)[C@@H](C)[C@@]1(CC(C)=O)CO1.C=C[C@@H](O)[C@@H](O)[C@@]1(CC(C)=O)CO1.C=C[C@H]1O[C@](C)(O)C[C@@]2(CO2)[C@@H]1O. The zero-order valence-corrected chi connectivity index (χ0v) is 23.8. The Bertz CT molecular complexity index is 852. The van der Waals surface area contributed by atoms with E-state index in [2.05, 4.69) is 33.6 Å². The third-order valence-corrected chi connectivity index (χ3v) is 7.84. The average molecular weight is 555 g/mol. The van der Waals surface area contributed by atoms with Gasteiger partial charge in [-0.15, -0.1) is 19.7 Å². The van der Waals surface area contributed by atoms with Crippen LogP contribution in [0.25, 0.3) is 0 Å². The van der Waals surface area contributed by atoms with Crippen LogP contribution in [-0.2, 0) is 28.5 Å². The van der Waals surface area contributed by atoms with E-state index < -0.39 is 41.4 Å². The van der Waals surface area contributed by atoms with Crippen LogP contribution < -0.4 is 0 Å². The summed E-state index contributed by atoms with van der Waals surface area (Å²) in [7, 11) is 0. The van der Waals surface area contributed by atoms with Crippen LogP contribution in [0.1, 0.15) is 53.9 Å². The molecule has 4 fully saturated rings. The van der Waals surface area contributed by atoms with Gasteiger partial charge in [0.25, 0.3) is 0 Å². The molecule has 4 N–H and O–H groups in total. The zero-order chi connectivity index (χ0) is 29.8.